The average Bonchev–Trinajstić information content (AvgIpc) is 3.02. The van der Waals surface area contributed by atoms with Crippen LogP contribution in [0.2, 0.25) is 5.02 Å². The summed E-state index contributed by atoms with van der Waals surface area (Å²) in [5.74, 6) is -0.985. The highest BCUT2D eigenvalue weighted by molar-refractivity contribution is 7.16. The van der Waals surface area contributed by atoms with Gasteiger partial charge < -0.3 is 5.11 Å². The van der Waals surface area contributed by atoms with Gasteiger partial charge in [-0.25, -0.2) is 14.8 Å². The first-order valence-corrected chi connectivity index (χ1v) is 8.99. The van der Waals surface area contributed by atoms with Crippen LogP contribution in [0.4, 0.5) is 5.13 Å². The van der Waals surface area contributed by atoms with Crippen LogP contribution in [0.5, 0.6) is 0 Å². The van der Waals surface area contributed by atoms with Gasteiger partial charge in [0.15, 0.2) is 0 Å². The third-order valence-electron chi connectivity index (χ3n) is 3.75. The smallest absolute Gasteiger partial charge is 0.336 e. The zero-order valence-electron chi connectivity index (χ0n) is 14.2. The third-order valence-corrected chi connectivity index (χ3v) is 5.12. The Morgan fingerprint density at radius 1 is 1.23 bits per heavy atom. The normalized spacial score (nSPS) is 11.0. The molecule has 0 aliphatic heterocycles. The molecule has 0 unspecified atom stereocenters. The van der Waals surface area contributed by atoms with Gasteiger partial charge in [-0.3, -0.25) is 0 Å². The number of benzene rings is 2. The Balaban J connectivity index is 1.88. The van der Waals surface area contributed by atoms with Gasteiger partial charge in [0.05, 0.1) is 17.5 Å². The van der Waals surface area contributed by atoms with Gasteiger partial charge in [-0.15, -0.1) is 0 Å². The van der Waals surface area contributed by atoms with Crippen LogP contribution in [0.3, 0.4) is 0 Å². The predicted octanol–water partition coefficient (Wildman–Crippen LogP) is 4.94. The number of carboxylic acids is 1. The van der Waals surface area contributed by atoms with E-state index < -0.39 is 5.97 Å². The SMILES string of the molecule is Cc1sc(N(C)/N=C/c2ccccc2C(=O)O)nc1-c1ccccc1Cl. The second-order valence-electron chi connectivity index (χ2n) is 5.54. The van der Waals surface area contributed by atoms with Crippen LogP contribution in [0, 0.1) is 6.92 Å². The first kappa shape index (κ1) is 18.1. The number of hydrogen-bond donors (Lipinski definition) is 1. The highest BCUT2D eigenvalue weighted by Crippen LogP contribution is 2.35. The van der Waals surface area contributed by atoms with Crippen LogP contribution in [0.25, 0.3) is 11.3 Å². The van der Waals surface area contributed by atoms with Crippen molar-refractivity contribution in [2.24, 2.45) is 5.10 Å². The molecule has 0 bridgehead atoms. The van der Waals surface area contributed by atoms with Gasteiger partial charge in [0, 0.05) is 28.1 Å². The Morgan fingerprint density at radius 2 is 1.92 bits per heavy atom. The Kier molecular flexibility index (Phi) is 5.35. The lowest BCUT2D eigenvalue weighted by Gasteiger charge is -2.08. The van der Waals surface area contributed by atoms with E-state index in [1.165, 1.54) is 17.6 Å². The topological polar surface area (TPSA) is 65.8 Å². The molecule has 5 nitrogen and oxygen atoms in total. The number of anilines is 1. The van der Waals surface area contributed by atoms with Gasteiger partial charge in [-0.05, 0) is 19.1 Å². The molecule has 0 spiro atoms. The van der Waals surface area contributed by atoms with Crippen molar-refractivity contribution in [3.05, 3.63) is 69.6 Å². The summed E-state index contributed by atoms with van der Waals surface area (Å²) < 4.78 is 0. The van der Waals surface area contributed by atoms with Crippen molar-refractivity contribution in [3.8, 4) is 11.3 Å². The zero-order valence-corrected chi connectivity index (χ0v) is 15.8. The minimum Gasteiger partial charge on any atom is -0.478 e. The summed E-state index contributed by atoms with van der Waals surface area (Å²) in [6, 6.07) is 14.3. The summed E-state index contributed by atoms with van der Waals surface area (Å²) in [7, 11) is 1.77. The van der Waals surface area contributed by atoms with Crippen molar-refractivity contribution in [3.63, 3.8) is 0 Å². The second-order valence-corrected chi connectivity index (χ2v) is 7.13. The van der Waals surface area contributed by atoms with E-state index in [0.29, 0.717) is 15.7 Å². The molecule has 3 aromatic rings. The van der Waals surface area contributed by atoms with Crippen molar-refractivity contribution in [2.45, 2.75) is 6.92 Å². The summed E-state index contributed by atoms with van der Waals surface area (Å²) in [5.41, 5.74) is 2.44. The maximum atomic E-state index is 11.3. The van der Waals surface area contributed by atoms with E-state index in [9.17, 15) is 9.90 Å². The van der Waals surface area contributed by atoms with Crippen LogP contribution in [-0.4, -0.2) is 29.3 Å². The number of nitrogens with zero attached hydrogens (tertiary/aromatic N) is 3. The van der Waals surface area contributed by atoms with E-state index in [4.69, 9.17) is 11.6 Å². The number of aromatic nitrogens is 1. The number of thiazole rings is 1. The van der Waals surface area contributed by atoms with Crippen molar-refractivity contribution in [1.29, 1.82) is 0 Å². The van der Waals surface area contributed by atoms with Crippen LogP contribution < -0.4 is 5.01 Å². The van der Waals surface area contributed by atoms with Crippen LogP contribution in [0.1, 0.15) is 20.8 Å². The summed E-state index contributed by atoms with van der Waals surface area (Å²) in [5, 5.41) is 16.5. The monoisotopic (exact) mass is 385 g/mol. The van der Waals surface area contributed by atoms with Crippen molar-refractivity contribution in [1.82, 2.24) is 4.98 Å². The van der Waals surface area contributed by atoms with Crippen molar-refractivity contribution >= 4 is 40.3 Å². The molecule has 1 N–H and O–H groups in total. The Labute approximate surface area is 160 Å². The maximum absolute atomic E-state index is 11.3. The fraction of sp³-hybridized carbons (Fsp3) is 0.105. The van der Waals surface area contributed by atoms with Crippen molar-refractivity contribution in [2.75, 3.05) is 12.1 Å². The van der Waals surface area contributed by atoms with Gasteiger partial charge in [0.25, 0.3) is 0 Å². The first-order chi connectivity index (χ1) is 12.5. The highest BCUT2D eigenvalue weighted by atomic mass is 35.5. The summed E-state index contributed by atoms with van der Waals surface area (Å²) in [6.45, 7) is 1.98. The number of hydrogen-bond acceptors (Lipinski definition) is 5. The van der Waals surface area contributed by atoms with Crippen LogP contribution in [0.15, 0.2) is 53.6 Å². The van der Waals surface area contributed by atoms with Gasteiger partial charge in [-0.1, -0.05) is 59.3 Å². The van der Waals surface area contributed by atoms with Crippen LogP contribution >= 0.6 is 22.9 Å². The minimum atomic E-state index is -0.985. The molecule has 0 fully saturated rings. The number of carbonyl (C=O) groups is 1. The molecule has 0 aliphatic rings. The summed E-state index contributed by atoms with van der Waals surface area (Å²) >= 11 is 7.77. The molecule has 26 heavy (non-hydrogen) atoms. The number of rotatable bonds is 5. The highest BCUT2D eigenvalue weighted by Gasteiger charge is 2.14. The molecule has 0 amide bonds. The zero-order chi connectivity index (χ0) is 18.7. The number of carboxylic acid groups (broad SMARTS) is 1. The Hall–Kier alpha value is -2.70. The largest absolute Gasteiger partial charge is 0.478 e. The standard InChI is InChI=1S/C19H16ClN3O2S/c1-12-17(15-9-5-6-10-16(15)20)22-19(26-12)23(2)21-11-13-7-3-4-8-14(13)18(24)25/h3-11H,1-2H3,(H,24,25)/b21-11+. The minimum absolute atomic E-state index is 0.205. The summed E-state index contributed by atoms with van der Waals surface area (Å²) in [6.07, 6.45) is 1.52. The Morgan fingerprint density at radius 3 is 2.65 bits per heavy atom. The fourth-order valence-electron chi connectivity index (χ4n) is 2.43. The molecular weight excluding hydrogens is 370 g/mol. The lowest BCUT2D eigenvalue weighted by atomic mass is 10.1. The first-order valence-electron chi connectivity index (χ1n) is 7.79. The molecule has 2 aromatic carbocycles. The molecule has 132 valence electrons. The molecule has 0 aliphatic carbocycles. The van der Waals surface area contributed by atoms with E-state index in [-0.39, 0.29) is 5.56 Å². The molecule has 1 heterocycles. The third kappa shape index (κ3) is 3.76. The molecule has 0 saturated heterocycles. The van der Waals surface area contributed by atoms with Gasteiger partial charge in [0.2, 0.25) is 5.13 Å². The number of aromatic carboxylic acids is 1. The maximum Gasteiger partial charge on any atom is 0.336 e. The molecule has 1 aromatic heterocycles. The molecule has 7 heteroatoms. The van der Waals surface area contributed by atoms with Crippen molar-refractivity contribution < 1.29 is 9.90 Å². The molecule has 3 rings (SSSR count). The van der Waals surface area contributed by atoms with Gasteiger partial charge >= 0.3 is 5.97 Å². The second kappa shape index (κ2) is 7.68. The molecule has 0 atom stereocenters. The molecule has 0 radical (unpaired) electrons. The van der Waals surface area contributed by atoms with Gasteiger partial charge in [-0.2, -0.15) is 5.10 Å². The average molecular weight is 386 g/mol. The van der Waals surface area contributed by atoms with Gasteiger partial charge in [0.1, 0.15) is 0 Å². The van der Waals surface area contributed by atoms with E-state index in [2.05, 4.69) is 10.1 Å². The van der Waals surface area contributed by atoms with Crippen LogP contribution in [-0.2, 0) is 0 Å². The predicted molar refractivity (Wildman–Crippen MR) is 107 cm³/mol. The van der Waals surface area contributed by atoms with E-state index in [0.717, 1.165) is 16.1 Å². The molecular formula is C19H16ClN3O2S. The van der Waals surface area contributed by atoms with E-state index in [1.54, 1.807) is 36.3 Å². The number of aryl methyl sites for hydroxylation is 1. The summed E-state index contributed by atoms with van der Waals surface area (Å²) in [4.78, 5) is 16.9. The molecule has 0 saturated carbocycles. The lowest BCUT2D eigenvalue weighted by Crippen LogP contribution is -2.09. The van der Waals surface area contributed by atoms with E-state index in [1.807, 2.05) is 31.2 Å². The quantitative estimate of drug-likeness (QED) is 0.499. The van der Waals surface area contributed by atoms with E-state index >= 15 is 0 Å². The fourth-order valence-corrected chi connectivity index (χ4v) is 3.49. The number of halogens is 1. The number of hydrazone groups is 1. The lowest BCUT2D eigenvalue weighted by molar-refractivity contribution is 0.0697. The Bertz CT molecular complexity index is 984.